The summed E-state index contributed by atoms with van der Waals surface area (Å²) in [6, 6.07) is 2.89. The van der Waals surface area contributed by atoms with Crippen molar-refractivity contribution in [2.45, 2.75) is 13.0 Å². The third kappa shape index (κ3) is 2.45. The van der Waals surface area contributed by atoms with Crippen LogP contribution >= 0.6 is 0 Å². The highest BCUT2D eigenvalue weighted by molar-refractivity contribution is 5.87. The first-order valence-electron chi connectivity index (χ1n) is 4.24. The number of carboxylic acid groups (broad SMARTS) is 1. The first-order valence-corrected chi connectivity index (χ1v) is 4.24. The zero-order chi connectivity index (χ0) is 12.3. The molecule has 16 heavy (non-hydrogen) atoms. The molecule has 0 aromatic heterocycles. The number of aromatic carboxylic acids is 1. The van der Waals surface area contributed by atoms with Crippen LogP contribution in [0.4, 0.5) is 8.78 Å². The molecule has 0 aliphatic heterocycles. The molecule has 84 valence electrons. The van der Waals surface area contributed by atoms with E-state index < -0.39 is 35.0 Å². The second kappa shape index (κ2) is 4.57. The Labute approximate surface area is 89.7 Å². The molecule has 0 radical (unpaired) electrons. The van der Waals surface area contributed by atoms with Crippen LogP contribution < -0.4 is 4.74 Å². The predicted octanol–water partition coefficient (Wildman–Crippen LogP) is 1.95. The Kier molecular flexibility index (Phi) is 3.40. The van der Waals surface area contributed by atoms with Gasteiger partial charge in [0.2, 0.25) is 0 Å². The molecule has 1 aromatic rings. The van der Waals surface area contributed by atoms with Crippen molar-refractivity contribution < 1.29 is 23.4 Å². The van der Waals surface area contributed by atoms with Gasteiger partial charge in [-0.15, -0.1) is 0 Å². The van der Waals surface area contributed by atoms with Gasteiger partial charge in [0.25, 0.3) is 0 Å². The van der Waals surface area contributed by atoms with Gasteiger partial charge in [-0.25, -0.2) is 13.6 Å². The molecule has 1 aromatic carbocycles. The monoisotopic (exact) mass is 227 g/mol. The van der Waals surface area contributed by atoms with Crippen LogP contribution in [0.2, 0.25) is 0 Å². The Bertz CT molecular complexity index is 445. The van der Waals surface area contributed by atoms with Gasteiger partial charge >= 0.3 is 5.97 Å². The summed E-state index contributed by atoms with van der Waals surface area (Å²) in [6.07, 6.45) is -1.03. The maximum Gasteiger partial charge on any atom is 0.335 e. The second-order valence-corrected chi connectivity index (χ2v) is 2.96. The highest BCUT2D eigenvalue weighted by Crippen LogP contribution is 2.24. The Morgan fingerprint density at radius 1 is 1.50 bits per heavy atom. The van der Waals surface area contributed by atoms with Gasteiger partial charge in [0.05, 0.1) is 5.56 Å². The fourth-order valence-electron chi connectivity index (χ4n) is 0.999. The molecular weight excluding hydrogens is 220 g/mol. The number of hydrogen-bond acceptors (Lipinski definition) is 3. The van der Waals surface area contributed by atoms with Gasteiger partial charge in [0.15, 0.2) is 23.5 Å². The number of carbonyl (C=O) groups is 1. The average Bonchev–Trinajstić information content (AvgIpc) is 2.22. The third-order valence-electron chi connectivity index (χ3n) is 1.72. The van der Waals surface area contributed by atoms with E-state index in [0.29, 0.717) is 12.1 Å². The minimum atomic E-state index is -1.45. The van der Waals surface area contributed by atoms with Gasteiger partial charge < -0.3 is 9.84 Å². The SMILES string of the molecule is CC(C#N)Oc1c(F)cc(C(=O)O)cc1F. The number of benzene rings is 1. The highest BCUT2D eigenvalue weighted by Gasteiger charge is 2.17. The van der Waals surface area contributed by atoms with Crippen molar-refractivity contribution in [3.63, 3.8) is 0 Å². The van der Waals surface area contributed by atoms with Crippen LogP contribution in [0, 0.1) is 23.0 Å². The lowest BCUT2D eigenvalue weighted by atomic mass is 10.2. The molecule has 0 heterocycles. The Morgan fingerprint density at radius 2 is 2.00 bits per heavy atom. The van der Waals surface area contributed by atoms with E-state index >= 15 is 0 Å². The molecule has 0 fully saturated rings. The van der Waals surface area contributed by atoms with Crippen molar-refractivity contribution in [3.8, 4) is 11.8 Å². The topological polar surface area (TPSA) is 70.3 Å². The fourth-order valence-corrected chi connectivity index (χ4v) is 0.999. The summed E-state index contributed by atoms with van der Waals surface area (Å²) in [4.78, 5) is 10.5. The second-order valence-electron chi connectivity index (χ2n) is 2.96. The number of nitrogens with zero attached hydrogens (tertiary/aromatic N) is 1. The van der Waals surface area contributed by atoms with Gasteiger partial charge in [0.1, 0.15) is 6.07 Å². The lowest BCUT2D eigenvalue weighted by molar-refractivity contribution is 0.0695. The molecule has 0 saturated carbocycles. The quantitative estimate of drug-likeness (QED) is 0.856. The maximum atomic E-state index is 13.2. The molecule has 6 heteroatoms. The highest BCUT2D eigenvalue weighted by atomic mass is 19.1. The van der Waals surface area contributed by atoms with Crippen LogP contribution in [-0.2, 0) is 0 Å². The third-order valence-corrected chi connectivity index (χ3v) is 1.72. The van der Waals surface area contributed by atoms with Crippen LogP contribution in [0.5, 0.6) is 5.75 Å². The van der Waals surface area contributed by atoms with E-state index in [4.69, 9.17) is 10.4 Å². The number of carboxylic acids is 1. The van der Waals surface area contributed by atoms with Gasteiger partial charge in [-0.2, -0.15) is 5.26 Å². The zero-order valence-electron chi connectivity index (χ0n) is 8.20. The molecule has 1 unspecified atom stereocenters. The minimum Gasteiger partial charge on any atom is -0.478 e. The Hall–Kier alpha value is -2.16. The molecule has 1 N–H and O–H groups in total. The number of hydrogen-bond donors (Lipinski definition) is 1. The zero-order valence-corrected chi connectivity index (χ0v) is 8.20. The van der Waals surface area contributed by atoms with Gasteiger partial charge in [0, 0.05) is 0 Å². The number of halogens is 2. The Balaban J connectivity index is 3.13. The molecule has 1 rings (SSSR count). The summed E-state index contributed by atoms with van der Waals surface area (Å²) >= 11 is 0. The van der Waals surface area contributed by atoms with Crippen molar-refractivity contribution in [2.24, 2.45) is 0 Å². The molecule has 0 bridgehead atoms. The number of ether oxygens (including phenoxy) is 1. The molecule has 4 nitrogen and oxygen atoms in total. The average molecular weight is 227 g/mol. The lowest BCUT2D eigenvalue weighted by Gasteiger charge is -2.09. The van der Waals surface area contributed by atoms with Gasteiger partial charge in [-0.3, -0.25) is 0 Å². The van der Waals surface area contributed by atoms with E-state index in [0.717, 1.165) is 0 Å². The van der Waals surface area contributed by atoms with Crippen LogP contribution in [0.3, 0.4) is 0 Å². The standard InChI is InChI=1S/C10H7F2NO3/c1-5(4-13)16-9-7(11)2-6(10(14)15)3-8(9)12/h2-3,5H,1H3,(H,14,15). The molecule has 0 aliphatic carbocycles. The largest absolute Gasteiger partial charge is 0.478 e. The molecule has 0 spiro atoms. The summed E-state index contributed by atoms with van der Waals surface area (Å²) in [5.74, 6) is -4.50. The lowest BCUT2D eigenvalue weighted by Crippen LogP contribution is -2.11. The van der Waals surface area contributed by atoms with Gasteiger partial charge in [-0.05, 0) is 19.1 Å². The number of rotatable bonds is 3. The fraction of sp³-hybridized carbons (Fsp3) is 0.200. The smallest absolute Gasteiger partial charge is 0.335 e. The van der Waals surface area contributed by atoms with Crippen molar-refractivity contribution in [3.05, 3.63) is 29.3 Å². The van der Waals surface area contributed by atoms with E-state index in [-0.39, 0.29) is 0 Å². The minimum absolute atomic E-state index is 0.521. The van der Waals surface area contributed by atoms with E-state index in [1.165, 1.54) is 6.92 Å². The van der Waals surface area contributed by atoms with E-state index in [2.05, 4.69) is 4.74 Å². The normalized spacial score (nSPS) is 11.6. The summed E-state index contributed by atoms with van der Waals surface area (Å²) < 4.78 is 31.1. The predicted molar refractivity (Wildman–Crippen MR) is 49.0 cm³/mol. The number of nitriles is 1. The van der Waals surface area contributed by atoms with Crippen LogP contribution in [-0.4, -0.2) is 17.2 Å². The van der Waals surface area contributed by atoms with Gasteiger partial charge in [-0.1, -0.05) is 0 Å². The summed E-state index contributed by atoms with van der Waals surface area (Å²) in [7, 11) is 0. The molecule has 1 atom stereocenters. The van der Waals surface area contributed by atoms with Crippen molar-refractivity contribution in [2.75, 3.05) is 0 Å². The first kappa shape index (κ1) is 11.9. The van der Waals surface area contributed by atoms with Crippen LogP contribution in [0.15, 0.2) is 12.1 Å². The summed E-state index contributed by atoms with van der Waals surface area (Å²) in [5.41, 5.74) is -0.521. The van der Waals surface area contributed by atoms with Crippen molar-refractivity contribution >= 4 is 5.97 Å². The van der Waals surface area contributed by atoms with Crippen LogP contribution in [0.1, 0.15) is 17.3 Å². The maximum absolute atomic E-state index is 13.2. The van der Waals surface area contributed by atoms with Crippen molar-refractivity contribution in [1.29, 1.82) is 5.26 Å². The van der Waals surface area contributed by atoms with E-state index in [9.17, 15) is 13.6 Å². The first-order chi connectivity index (χ1) is 7.45. The molecular formula is C10H7F2NO3. The molecule has 0 amide bonds. The Morgan fingerprint density at radius 3 is 2.38 bits per heavy atom. The molecule has 0 aliphatic rings. The summed E-state index contributed by atoms with van der Waals surface area (Å²) in [6.45, 7) is 1.31. The molecule has 0 saturated heterocycles. The van der Waals surface area contributed by atoms with E-state index in [1.54, 1.807) is 6.07 Å². The van der Waals surface area contributed by atoms with Crippen LogP contribution in [0.25, 0.3) is 0 Å². The summed E-state index contributed by atoms with van der Waals surface area (Å²) in [5, 5.41) is 16.9. The van der Waals surface area contributed by atoms with E-state index in [1.807, 2.05) is 0 Å². The van der Waals surface area contributed by atoms with Crippen molar-refractivity contribution in [1.82, 2.24) is 0 Å².